The number of aromatic nitrogens is 5. The summed E-state index contributed by atoms with van der Waals surface area (Å²) >= 11 is 0. The lowest BCUT2D eigenvalue weighted by Gasteiger charge is -2.19. The van der Waals surface area contributed by atoms with Gasteiger partial charge >= 0.3 is 0 Å². The average molecular weight is 925 g/mol. The lowest BCUT2D eigenvalue weighted by atomic mass is 9.95. The van der Waals surface area contributed by atoms with E-state index in [1.54, 1.807) is 22.8 Å². The molecule has 0 amide bonds. The van der Waals surface area contributed by atoms with Crippen molar-refractivity contribution in [3.8, 4) is 56.6 Å². The van der Waals surface area contributed by atoms with Crippen molar-refractivity contribution in [2.75, 3.05) is 18.0 Å². The minimum atomic E-state index is -0.570. The number of nitrogens with zero attached hydrogens (tertiary/aromatic N) is 6. The number of hydrogen-bond donors (Lipinski definition) is 0. The first-order chi connectivity index (χ1) is 39.4. The van der Waals surface area contributed by atoms with Gasteiger partial charge in [0.25, 0.3) is 6.33 Å². The zero-order valence-corrected chi connectivity index (χ0v) is 38.1. The van der Waals surface area contributed by atoms with Crippen LogP contribution in [0.4, 0.5) is 5.69 Å². The van der Waals surface area contributed by atoms with Gasteiger partial charge in [0.05, 0.1) is 63.9 Å². The molecule has 0 saturated carbocycles. The van der Waals surface area contributed by atoms with Gasteiger partial charge in [-0.05, 0) is 83.6 Å². The fourth-order valence-electron chi connectivity index (χ4n) is 10.6. The quantitative estimate of drug-likeness (QED) is 0.107. The van der Waals surface area contributed by atoms with Crippen LogP contribution in [-0.2, 0) is 0 Å². The van der Waals surface area contributed by atoms with E-state index in [1.807, 2.05) is 71.4 Å². The molecule has 0 atom stereocenters. The first kappa shape index (κ1) is 31.8. The normalized spacial score (nSPS) is 14.8. The SMILES string of the molecule is [2H]c1c([2H])c([2H])c(-c2cccc(-c3c([2H])c([2H])c([2H])c([2H])c3[2H])c2-[n+]2[c-]n(-c3cccc(Oc4cc5c(cc4-n4c6ccccc6c6ccccc64)c4ccccc4n5-c4cc(N5CCCC5)ccn4)c3)c3ccccc32)c([2H])c1[2H]. The number of benzene rings is 9. The van der Waals surface area contributed by atoms with Crippen molar-refractivity contribution in [1.82, 2.24) is 18.7 Å². The maximum absolute atomic E-state index is 9.14. The van der Waals surface area contributed by atoms with Crippen molar-refractivity contribution < 1.29 is 23.0 Å². The zero-order chi connectivity index (χ0) is 55.5. The van der Waals surface area contributed by atoms with Crippen LogP contribution in [0.2, 0.25) is 0 Å². The standard InChI is InChI=1S/C64H46N6O/c1-3-19-44(20-4-1)49-28-18-29-50(45-21-5-2-6-22-45)64(49)68-43-67(58-33-13-14-34-59(58)68)47-23-17-24-48(39-47)71-62-42-60-54(41-61(62)69-55-30-10-7-25-51(55)52-26-8-11-31-56(52)69)53-27-9-12-32-57(53)70(60)63-40-46(35-36-65-63)66-37-15-16-38-66/h1-14,17-36,39-42H,15-16,37-38H2/i1D,2D,3D,4D,5D,6D,19D,20D,21D,22D. The zero-order valence-electron chi connectivity index (χ0n) is 48.1. The molecule has 14 rings (SSSR count). The molecule has 0 spiro atoms. The predicted octanol–water partition coefficient (Wildman–Crippen LogP) is 15.0. The fraction of sp³-hybridized carbons (Fsp3) is 0.0625. The Labute approximate surface area is 425 Å². The number of ether oxygens (including phenoxy) is 1. The Kier molecular flexibility index (Phi) is 7.51. The second-order valence-electron chi connectivity index (χ2n) is 17.7. The highest BCUT2D eigenvalue weighted by molar-refractivity contribution is 6.13. The number of pyridine rings is 1. The van der Waals surface area contributed by atoms with E-state index in [9.17, 15) is 0 Å². The lowest BCUT2D eigenvalue weighted by Crippen LogP contribution is -2.31. The summed E-state index contributed by atoms with van der Waals surface area (Å²) in [7, 11) is 0. The second-order valence-corrected chi connectivity index (χ2v) is 17.7. The molecule has 1 saturated heterocycles. The topological polar surface area (TPSA) is 44.0 Å². The van der Waals surface area contributed by atoms with Gasteiger partial charge in [-0.3, -0.25) is 13.7 Å². The van der Waals surface area contributed by atoms with Crippen LogP contribution in [0.3, 0.4) is 0 Å². The van der Waals surface area contributed by atoms with Crippen LogP contribution in [0, 0.1) is 6.33 Å². The number of para-hydroxylation sites is 6. The molecule has 1 aliphatic heterocycles. The van der Waals surface area contributed by atoms with Crippen molar-refractivity contribution in [2.24, 2.45) is 0 Å². The Morgan fingerprint density at radius 3 is 1.77 bits per heavy atom. The number of anilines is 1. The second kappa shape index (κ2) is 16.8. The van der Waals surface area contributed by atoms with Gasteiger partial charge in [0.2, 0.25) is 0 Å². The van der Waals surface area contributed by atoms with E-state index < -0.39 is 60.4 Å². The monoisotopic (exact) mass is 924 g/mol. The van der Waals surface area contributed by atoms with Gasteiger partial charge in [-0.15, -0.1) is 0 Å². The molecule has 5 heterocycles. The molecule has 9 aromatic carbocycles. The Hall–Kier alpha value is -9.20. The third-order valence-corrected chi connectivity index (χ3v) is 13.7. The summed E-state index contributed by atoms with van der Waals surface area (Å²) in [5.74, 6) is 1.84. The van der Waals surface area contributed by atoms with E-state index in [0.717, 1.165) is 86.7 Å². The Morgan fingerprint density at radius 2 is 1.10 bits per heavy atom. The van der Waals surface area contributed by atoms with E-state index in [2.05, 4.69) is 105 Å². The predicted molar refractivity (Wildman–Crippen MR) is 289 cm³/mol. The molecular formula is C64H46N6O. The van der Waals surface area contributed by atoms with Crippen LogP contribution >= 0.6 is 0 Å². The van der Waals surface area contributed by atoms with Gasteiger partial charge in [0, 0.05) is 58.7 Å². The smallest absolute Gasteiger partial charge is 0.269 e. The highest BCUT2D eigenvalue weighted by atomic mass is 16.5. The third kappa shape index (κ3) is 6.80. The van der Waals surface area contributed by atoms with Crippen LogP contribution in [0.25, 0.3) is 99.8 Å². The molecule has 4 aromatic heterocycles. The van der Waals surface area contributed by atoms with Crippen LogP contribution < -0.4 is 14.2 Å². The Balaban J connectivity index is 0.989. The van der Waals surface area contributed by atoms with Gasteiger partial charge in [-0.25, -0.2) is 4.98 Å². The average Bonchev–Trinajstić information content (AvgIpc) is 4.43. The first-order valence-corrected chi connectivity index (χ1v) is 23.7. The van der Waals surface area contributed by atoms with E-state index in [0.29, 0.717) is 28.2 Å². The molecule has 1 aliphatic rings. The summed E-state index contributed by atoms with van der Waals surface area (Å²) in [6, 6.07) is 48.3. The van der Waals surface area contributed by atoms with Crippen LogP contribution in [0.5, 0.6) is 11.5 Å². The molecule has 0 N–H and O–H groups in total. The highest BCUT2D eigenvalue weighted by Crippen LogP contribution is 2.43. The minimum Gasteiger partial charge on any atom is -0.456 e. The van der Waals surface area contributed by atoms with Gasteiger partial charge < -0.3 is 14.2 Å². The molecule has 7 nitrogen and oxygen atoms in total. The Bertz CT molecular complexity index is 4590. The molecule has 13 aromatic rings. The van der Waals surface area contributed by atoms with E-state index in [-0.39, 0.29) is 27.9 Å². The molecule has 338 valence electrons. The summed E-state index contributed by atoms with van der Waals surface area (Å²) in [5, 5.41) is 4.26. The largest absolute Gasteiger partial charge is 0.456 e. The summed E-state index contributed by atoms with van der Waals surface area (Å²) in [6.45, 7) is 1.98. The molecule has 1 fully saturated rings. The molecule has 0 aliphatic carbocycles. The van der Waals surface area contributed by atoms with Crippen molar-refractivity contribution in [2.45, 2.75) is 12.8 Å². The summed E-state index contributed by atoms with van der Waals surface area (Å²) in [5.41, 5.74) is 7.85. The van der Waals surface area contributed by atoms with Crippen molar-refractivity contribution in [3.63, 3.8) is 0 Å². The lowest BCUT2D eigenvalue weighted by molar-refractivity contribution is -0.571. The number of rotatable bonds is 9. The molecular weight excluding hydrogens is 869 g/mol. The molecule has 0 bridgehead atoms. The first-order valence-electron chi connectivity index (χ1n) is 28.7. The van der Waals surface area contributed by atoms with Crippen molar-refractivity contribution >= 4 is 60.3 Å². The van der Waals surface area contributed by atoms with Crippen LogP contribution in [0.1, 0.15) is 26.5 Å². The number of imidazole rings is 1. The van der Waals surface area contributed by atoms with E-state index >= 15 is 0 Å². The summed E-state index contributed by atoms with van der Waals surface area (Å²) in [4.78, 5) is 7.41. The number of hydrogen-bond acceptors (Lipinski definition) is 3. The van der Waals surface area contributed by atoms with Crippen molar-refractivity contribution in [1.29, 1.82) is 0 Å². The van der Waals surface area contributed by atoms with E-state index in [1.165, 1.54) is 0 Å². The molecule has 0 unspecified atom stereocenters. The van der Waals surface area contributed by atoms with Crippen molar-refractivity contribution in [3.05, 3.63) is 237 Å². The Morgan fingerprint density at radius 1 is 0.507 bits per heavy atom. The minimum absolute atomic E-state index is 0.136. The molecule has 0 radical (unpaired) electrons. The van der Waals surface area contributed by atoms with Crippen LogP contribution in [0.15, 0.2) is 230 Å². The summed E-state index contributed by atoms with van der Waals surface area (Å²) < 4.78 is 103. The van der Waals surface area contributed by atoms with E-state index in [4.69, 9.17) is 23.4 Å². The van der Waals surface area contributed by atoms with Gasteiger partial charge in [0.15, 0.2) is 5.75 Å². The highest BCUT2D eigenvalue weighted by Gasteiger charge is 2.24. The van der Waals surface area contributed by atoms with Gasteiger partial charge in [-0.2, -0.15) is 0 Å². The third-order valence-electron chi connectivity index (χ3n) is 13.7. The number of fused-ring (bicyclic) bond motifs is 7. The molecule has 71 heavy (non-hydrogen) atoms. The fourth-order valence-corrected chi connectivity index (χ4v) is 10.6. The van der Waals surface area contributed by atoms with Crippen LogP contribution in [-0.4, -0.2) is 31.8 Å². The molecule has 7 heteroatoms. The van der Waals surface area contributed by atoms with Gasteiger partial charge in [-0.1, -0.05) is 164 Å². The maximum Gasteiger partial charge on any atom is 0.269 e. The maximum atomic E-state index is 9.14. The summed E-state index contributed by atoms with van der Waals surface area (Å²) in [6.07, 6.45) is 7.68. The van der Waals surface area contributed by atoms with Gasteiger partial charge in [0.1, 0.15) is 11.6 Å².